The number of thiophene rings is 1. The van der Waals surface area contributed by atoms with Gasteiger partial charge in [-0.25, -0.2) is 0 Å². The first kappa shape index (κ1) is 16.3. The highest BCUT2D eigenvalue weighted by Gasteiger charge is 2.27. The number of aryl methyl sites for hydroxylation is 1. The minimum absolute atomic E-state index is 0.0554. The zero-order valence-corrected chi connectivity index (χ0v) is 15.6. The SMILES string of the molecule is Cc1ccc2[nH]c(=O)c3cc(C(=O)N4C[C@@H](C)C[C@H](C)C4)sc3c2c1. The van der Waals surface area contributed by atoms with Crippen LogP contribution in [0.15, 0.2) is 29.1 Å². The van der Waals surface area contributed by atoms with Crippen molar-refractivity contribution in [2.75, 3.05) is 13.1 Å². The number of amides is 1. The zero-order chi connectivity index (χ0) is 17.7. The number of nitrogens with one attached hydrogen (secondary N) is 1. The van der Waals surface area contributed by atoms with Crippen LogP contribution < -0.4 is 5.56 Å². The molecule has 1 fully saturated rings. The molecule has 5 heteroatoms. The molecule has 0 saturated carbocycles. The first-order chi connectivity index (χ1) is 11.9. The molecule has 1 saturated heterocycles. The second-order valence-electron chi connectivity index (χ2n) is 7.51. The molecule has 0 bridgehead atoms. The molecule has 1 aromatic carbocycles. The first-order valence-electron chi connectivity index (χ1n) is 8.78. The molecule has 4 rings (SSSR count). The van der Waals surface area contributed by atoms with E-state index in [0.717, 1.165) is 34.3 Å². The molecule has 0 unspecified atom stereocenters. The van der Waals surface area contributed by atoms with E-state index in [1.165, 1.54) is 17.8 Å². The summed E-state index contributed by atoms with van der Waals surface area (Å²) >= 11 is 1.44. The molecular weight excluding hydrogens is 332 g/mol. The lowest BCUT2D eigenvalue weighted by Crippen LogP contribution is -2.42. The molecular formula is C20H22N2O2S. The summed E-state index contributed by atoms with van der Waals surface area (Å²) in [6.45, 7) is 8.03. The minimum Gasteiger partial charge on any atom is -0.337 e. The molecule has 3 aromatic rings. The molecule has 1 N–H and O–H groups in total. The molecule has 0 aliphatic carbocycles. The van der Waals surface area contributed by atoms with Crippen LogP contribution in [0, 0.1) is 18.8 Å². The Balaban J connectivity index is 1.82. The van der Waals surface area contributed by atoms with Gasteiger partial charge in [-0.05, 0) is 43.4 Å². The Kier molecular flexibility index (Phi) is 3.91. The third-order valence-corrected chi connectivity index (χ3v) is 6.17. The van der Waals surface area contributed by atoms with Crippen LogP contribution in [0.5, 0.6) is 0 Å². The number of carbonyl (C=O) groups is 1. The Morgan fingerprint density at radius 2 is 1.88 bits per heavy atom. The smallest absolute Gasteiger partial charge is 0.263 e. The van der Waals surface area contributed by atoms with E-state index in [2.05, 4.69) is 24.9 Å². The van der Waals surface area contributed by atoms with Crippen LogP contribution in [0.1, 0.15) is 35.5 Å². The average Bonchev–Trinajstić information content (AvgIpc) is 3.00. The monoisotopic (exact) mass is 354 g/mol. The largest absolute Gasteiger partial charge is 0.337 e. The molecule has 25 heavy (non-hydrogen) atoms. The van der Waals surface area contributed by atoms with Crippen LogP contribution in [0.3, 0.4) is 0 Å². The highest BCUT2D eigenvalue weighted by atomic mass is 32.1. The second kappa shape index (κ2) is 5.99. The zero-order valence-electron chi connectivity index (χ0n) is 14.8. The lowest BCUT2D eigenvalue weighted by Gasteiger charge is -2.34. The van der Waals surface area contributed by atoms with Gasteiger partial charge in [0, 0.05) is 28.7 Å². The number of hydrogen-bond acceptors (Lipinski definition) is 3. The number of hydrogen-bond donors (Lipinski definition) is 1. The van der Waals surface area contributed by atoms with Crippen molar-refractivity contribution in [1.29, 1.82) is 0 Å². The Labute approximate surface area is 150 Å². The predicted octanol–water partition coefficient (Wildman–Crippen LogP) is 4.17. The maximum absolute atomic E-state index is 13.0. The van der Waals surface area contributed by atoms with Gasteiger partial charge in [0.2, 0.25) is 0 Å². The van der Waals surface area contributed by atoms with Gasteiger partial charge >= 0.3 is 0 Å². The highest BCUT2D eigenvalue weighted by molar-refractivity contribution is 7.21. The summed E-state index contributed by atoms with van der Waals surface area (Å²) in [4.78, 5) is 31.0. The summed E-state index contributed by atoms with van der Waals surface area (Å²) in [5.74, 6) is 1.10. The number of aromatic amines is 1. The maximum atomic E-state index is 13.0. The van der Waals surface area contributed by atoms with Gasteiger partial charge in [-0.1, -0.05) is 25.5 Å². The molecule has 130 valence electrons. The van der Waals surface area contributed by atoms with Crippen LogP contribution in [0.4, 0.5) is 0 Å². The van der Waals surface area contributed by atoms with Crippen LogP contribution in [0.25, 0.3) is 21.0 Å². The molecule has 3 heterocycles. The molecule has 1 aliphatic heterocycles. The number of benzene rings is 1. The molecule has 0 spiro atoms. The van der Waals surface area contributed by atoms with Crippen molar-refractivity contribution in [2.45, 2.75) is 27.2 Å². The fourth-order valence-corrected chi connectivity index (χ4v) is 5.15. The summed E-state index contributed by atoms with van der Waals surface area (Å²) in [6, 6.07) is 7.76. The van der Waals surface area contributed by atoms with Crippen LogP contribution in [-0.2, 0) is 0 Å². The van der Waals surface area contributed by atoms with E-state index in [1.807, 2.05) is 24.0 Å². The topological polar surface area (TPSA) is 53.2 Å². The van der Waals surface area contributed by atoms with E-state index >= 15 is 0 Å². The maximum Gasteiger partial charge on any atom is 0.263 e. The van der Waals surface area contributed by atoms with E-state index < -0.39 is 0 Å². The number of fused-ring (bicyclic) bond motifs is 3. The van der Waals surface area contributed by atoms with E-state index in [-0.39, 0.29) is 11.5 Å². The van der Waals surface area contributed by atoms with Gasteiger partial charge in [0.1, 0.15) is 0 Å². The second-order valence-corrected chi connectivity index (χ2v) is 8.56. The number of H-pyrrole nitrogens is 1. The molecule has 4 nitrogen and oxygen atoms in total. The highest BCUT2D eigenvalue weighted by Crippen LogP contribution is 2.32. The molecule has 1 amide bonds. The average molecular weight is 354 g/mol. The quantitative estimate of drug-likeness (QED) is 0.713. The van der Waals surface area contributed by atoms with Crippen LogP contribution >= 0.6 is 11.3 Å². The third kappa shape index (κ3) is 2.86. The lowest BCUT2D eigenvalue weighted by atomic mass is 9.92. The van der Waals surface area contributed by atoms with E-state index in [0.29, 0.717) is 22.1 Å². The fraction of sp³-hybridized carbons (Fsp3) is 0.400. The minimum atomic E-state index is -0.123. The van der Waals surface area contributed by atoms with Crippen LogP contribution in [0.2, 0.25) is 0 Å². The Morgan fingerprint density at radius 3 is 2.60 bits per heavy atom. The third-order valence-electron chi connectivity index (χ3n) is 5.01. The predicted molar refractivity (Wildman–Crippen MR) is 104 cm³/mol. The van der Waals surface area contributed by atoms with Gasteiger partial charge in [-0.2, -0.15) is 0 Å². The van der Waals surface area contributed by atoms with Crippen molar-refractivity contribution in [2.24, 2.45) is 11.8 Å². The van der Waals surface area contributed by atoms with Gasteiger partial charge in [0.15, 0.2) is 0 Å². The van der Waals surface area contributed by atoms with Gasteiger partial charge < -0.3 is 9.88 Å². The summed E-state index contributed by atoms with van der Waals surface area (Å²) in [5.41, 5.74) is 1.84. The van der Waals surface area contributed by atoms with Gasteiger partial charge in [0.05, 0.1) is 10.3 Å². The number of aromatic nitrogens is 1. The van der Waals surface area contributed by atoms with E-state index in [1.54, 1.807) is 6.07 Å². The van der Waals surface area contributed by atoms with Crippen LogP contribution in [-0.4, -0.2) is 28.9 Å². The van der Waals surface area contributed by atoms with Crippen molar-refractivity contribution >= 4 is 38.2 Å². The first-order valence-corrected chi connectivity index (χ1v) is 9.59. The normalized spacial score (nSPS) is 21.2. The summed E-state index contributed by atoms with van der Waals surface area (Å²) in [6.07, 6.45) is 1.17. The standard InChI is InChI=1S/C20H22N2O2S/c1-11-4-5-16-14(7-11)18-15(19(23)21-16)8-17(25-18)20(24)22-9-12(2)6-13(3)10-22/h4-5,7-8,12-13H,6,9-10H2,1-3H3,(H,21,23)/t12-,13-/m0/s1. The number of rotatable bonds is 1. The summed E-state index contributed by atoms with van der Waals surface area (Å²) in [7, 11) is 0. The summed E-state index contributed by atoms with van der Waals surface area (Å²) in [5, 5.41) is 1.63. The van der Waals surface area contributed by atoms with Gasteiger partial charge in [-0.3, -0.25) is 9.59 Å². The van der Waals surface area contributed by atoms with E-state index in [9.17, 15) is 9.59 Å². The number of pyridine rings is 1. The lowest BCUT2D eigenvalue weighted by molar-refractivity contribution is 0.0628. The molecule has 2 aromatic heterocycles. The Bertz CT molecular complexity index is 1020. The summed E-state index contributed by atoms with van der Waals surface area (Å²) < 4.78 is 0.906. The van der Waals surface area contributed by atoms with Gasteiger partial charge in [-0.15, -0.1) is 11.3 Å². The number of likely N-dealkylation sites (tertiary alicyclic amines) is 1. The van der Waals surface area contributed by atoms with Crippen molar-refractivity contribution in [3.63, 3.8) is 0 Å². The Morgan fingerprint density at radius 1 is 1.16 bits per heavy atom. The van der Waals surface area contributed by atoms with Gasteiger partial charge in [0.25, 0.3) is 11.5 Å². The van der Waals surface area contributed by atoms with E-state index in [4.69, 9.17) is 0 Å². The number of carbonyl (C=O) groups excluding carboxylic acids is 1. The molecule has 2 atom stereocenters. The molecule has 1 aliphatic rings. The number of nitrogens with zero attached hydrogens (tertiary/aromatic N) is 1. The van der Waals surface area contributed by atoms with Crippen molar-refractivity contribution in [3.05, 3.63) is 45.1 Å². The van der Waals surface area contributed by atoms with Crippen molar-refractivity contribution in [3.8, 4) is 0 Å². The molecule has 0 radical (unpaired) electrons. The number of piperidine rings is 1. The van der Waals surface area contributed by atoms with Crippen molar-refractivity contribution in [1.82, 2.24) is 9.88 Å². The van der Waals surface area contributed by atoms with Crippen molar-refractivity contribution < 1.29 is 4.79 Å². The Hall–Kier alpha value is -2.14. The fourth-order valence-electron chi connectivity index (χ4n) is 3.99.